The zero-order valence-electron chi connectivity index (χ0n) is 21.5. The van der Waals surface area contributed by atoms with E-state index in [1.165, 1.54) is 6.92 Å². The fourth-order valence-electron chi connectivity index (χ4n) is 7.22. The summed E-state index contributed by atoms with van der Waals surface area (Å²) in [5.41, 5.74) is -4.07. The highest BCUT2D eigenvalue weighted by atomic mass is 16.6. The number of fused-ring (bicyclic) bond motifs is 5. The summed E-state index contributed by atoms with van der Waals surface area (Å²) >= 11 is 0. The van der Waals surface area contributed by atoms with Crippen molar-refractivity contribution in [1.29, 1.82) is 0 Å². The van der Waals surface area contributed by atoms with E-state index in [1.807, 2.05) is 26.8 Å². The van der Waals surface area contributed by atoms with Gasteiger partial charge in [-0.2, -0.15) is 0 Å². The number of hydrogen-bond donors (Lipinski definition) is 2. The predicted molar refractivity (Wildman–Crippen MR) is 124 cm³/mol. The van der Waals surface area contributed by atoms with Crippen molar-refractivity contribution in [1.82, 2.24) is 0 Å². The van der Waals surface area contributed by atoms with Crippen molar-refractivity contribution in [3.63, 3.8) is 0 Å². The van der Waals surface area contributed by atoms with E-state index in [4.69, 9.17) is 9.47 Å². The van der Waals surface area contributed by atoms with Crippen molar-refractivity contribution in [2.45, 2.75) is 85.0 Å². The van der Waals surface area contributed by atoms with Gasteiger partial charge in [-0.25, -0.2) is 0 Å². The molecule has 0 aliphatic heterocycles. The topological polar surface area (TPSA) is 110 Å². The number of carbonyl (C=O) groups is 3. The van der Waals surface area contributed by atoms with E-state index in [0.29, 0.717) is 17.6 Å². The van der Waals surface area contributed by atoms with E-state index in [-0.39, 0.29) is 36.8 Å². The van der Waals surface area contributed by atoms with E-state index < -0.39 is 45.3 Å². The monoisotopic (exact) mass is 474 g/mol. The summed E-state index contributed by atoms with van der Waals surface area (Å²) < 4.78 is 11.5. The molecule has 4 rings (SSSR count). The van der Waals surface area contributed by atoms with E-state index in [9.17, 15) is 24.6 Å². The molecule has 0 amide bonds. The predicted octanol–water partition coefficient (Wildman–Crippen LogP) is 3.13. The third-order valence-corrected chi connectivity index (χ3v) is 9.00. The lowest BCUT2D eigenvalue weighted by Crippen LogP contribution is -2.61. The van der Waals surface area contributed by atoms with Gasteiger partial charge < -0.3 is 19.7 Å². The molecule has 0 aromatic heterocycles. The van der Waals surface area contributed by atoms with Crippen molar-refractivity contribution in [3.8, 4) is 0 Å². The van der Waals surface area contributed by atoms with Crippen LogP contribution in [0.4, 0.5) is 0 Å². The maximum absolute atomic E-state index is 13.2. The lowest BCUT2D eigenvalue weighted by Gasteiger charge is -2.50. The van der Waals surface area contributed by atoms with Gasteiger partial charge in [0.25, 0.3) is 0 Å². The molecule has 0 saturated heterocycles. The SMILES string of the molecule is CC(=O)O[C@@]12C[C@@H](C)[C@@]3(O)[C@@H](C=C(COC(=O)C(C)(C)C)C[C@]4(O)C(=O)C(C)=C[C@@H]34)[C@H]1C2(C)C. The first-order valence-electron chi connectivity index (χ1n) is 12.2. The Labute approximate surface area is 201 Å². The number of Topliss-reactive ketones (excluding diaryl/α,β-unsaturated/α-hetero) is 1. The Hall–Kier alpha value is -1.99. The molecular formula is C27H38O7. The minimum atomic E-state index is -1.82. The zero-order valence-corrected chi connectivity index (χ0v) is 21.5. The van der Waals surface area contributed by atoms with Crippen LogP contribution in [0.5, 0.6) is 0 Å². The molecule has 7 nitrogen and oxygen atoms in total. The van der Waals surface area contributed by atoms with Gasteiger partial charge in [-0.3, -0.25) is 14.4 Å². The first-order valence-corrected chi connectivity index (χ1v) is 12.2. The largest absolute Gasteiger partial charge is 0.461 e. The average Bonchev–Trinajstić information content (AvgIpc) is 3.09. The number of aliphatic hydroxyl groups is 2. The highest BCUT2D eigenvalue weighted by molar-refractivity contribution is 6.04. The van der Waals surface area contributed by atoms with Crippen LogP contribution < -0.4 is 0 Å². The second-order valence-corrected chi connectivity index (χ2v) is 12.6. The molecule has 7 heteroatoms. The second-order valence-electron chi connectivity index (χ2n) is 12.6. The highest BCUT2D eigenvalue weighted by Gasteiger charge is 2.83. The van der Waals surface area contributed by atoms with Crippen LogP contribution in [0.25, 0.3) is 0 Å². The number of carbonyl (C=O) groups excluding carboxylic acids is 3. The van der Waals surface area contributed by atoms with E-state index in [1.54, 1.807) is 33.8 Å². The first-order chi connectivity index (χ1) is 15.4. The molecule has 0 unspecified atom stereocenters. The maximum Gasteiger partial charge on any atom is 0.311 e. The second kappa shape index (κ2) is 7.26. The van der Waals surface area contributed by atoms with Gasteiger partial charge in [-0.1, -0.05) is 32.9 Å². The highest BCUT2D eigenvalue weighted by Crippen LogP contribution is 2.76. The van der Waals surface area contributed by atoms with Gasteiger partial charge in [0.05, 0.1) is 11.0 Å². The van der Waals surface area contributed by atoms with E-state index in [0.717, 1.165) is 0 Å². The van der Waals surface area contributed by atoms with Crippen LogP contribution in [0.2, 0.25) is 0 Å². The Kier molecular flexibility index (Phi) is 5.36. The van der Waals surface area contributed by atoms with Crippen molar-refractivity contribution < 1.29 is 34.1 Å². The molecule has 7 atom stereocenters. The lowest BCUT2D eigenvalue weighted by atomic mass is 9.60. The average molecular weight is 475 g/mol. The van der Waals surface area contributed by atoms with E-state index >= 15 is 0 Å². The maximum atomic E-state index is 13.2. The van der Waals surface area contributed by atoms with Crippen molar-refractivity contribution in [3.05, 3.63) is 23.3 Å². The molecule has 2 saturated carbocycles. The summed E-state index contributed by atoms with van der Waals surface area (Å²) in [5.74, 6) is -3.04. The molecule has 4 aliphatic carbocycles. The van der Waals surface area contributed by atoms with Gasteiger partial charge in [0.1, 0.15) is 17.8 Å². The number of rotatable bonds is 3. The molecule has 0 radical (unpaired) electrons. The zero-order chi connectivity index (χ0) is 25.6. The summed E-state index contributed by atoms with van der Waals surface area (Å²) in [6.45, 7) is 14.2. The summed E-state index contributed by atoms with van der Waals surface area (Å²) in [6.07, 6.45) is 4.00. The van der Waals surface area contributed by atoms with Gasteiger partial charge >= 0.3 is 11.9 Å². The quantitative estimate of drug-likeness (QED) is 0.478. The Balaban J connectivity index is 1.82. The van der Waals surface area contributed by atoms with Crippen LogP contribution in [0.3, 0.4) is 0 Å². The number of hydrogen-bond acceptors (Lipinski definition) is 7. The Morgan fingerprint density at radius 3 is 2.35 bits per heavy atom. The Bertz CT molecular complexity index is 1010. The number of ether oxygens (including phenoxy) is 2. The normalized spacial score (nSPS) is 42.4. The molecule has 0 bridgehead atoms. The first kappa shape index (κ1) is 25.1. The third-order valence-electron chi connectivity index (χ3n) is 9.00. The van der Waals surface area contributed by atoms with Crippen LogP contribution in [0.1, 0.15) is 68.2 Å². The van der Waals surface area contributed by atoms with Crippen LogP contribution in [-0.4, -0.2) is 51.3 Å². The van der Waals surface area contributed by atoms with Gasteiger partial charge in [0.2, 0.25) is 0 Å². The number of ketones is 1. The summed E-state index contributed by atoms with van der Waals surface area (Å²) in [4.78, 5) is 37.7. The van der Waals surface area contributed by atoms with Gasteiger partial charge in [0.15, 0.2) is 5.78 Å². The van der Waals surface area contributed by atoms with Crippen LogP contribution in [0.15, 0.2) is 23.3 Å². The van der Waals surface area contributed by atoms with Crippen LogP contribution in [-0.2, 0) is 23.9 Å². The van der Waals surface area contributed by atoms with E-state index in [2.05, 4.69) is 0 Å². The third kappa shape index (κ3) is 3.19. The molecule has 0 aromatic carbocycles. The summed E-state index contributed by atoms with van der Waals surface area (Å²) in [5, 5.41) is 24.1. The standard InChI is InChI=1S/C27H38O7/c1-14-9-19-25(31,21(14)29)12-17(13-33-22(30)23(4,5)6)10-18-20-24(7,8)26(20,34-16(3)28)11-15(2)27(18,19)32/h9-10,15,18-20,31-32H,11-13H2,1-8H3/t15-,18+,19-,20+,25-,26+,27-/m1/s1. The minimum Gasteiger partial charge on any atom is -0.461 e. The Morgan fingerprint density at radius 1 is 1.18 bits per heavy atom. The summed E-state index contributed by atoms with van der Waals surface area (Å²) in [6, 6.07) is 0. The fraction of sp³-hybridized carbons (Fsp3) is 0.741. The lowest BCUT2D eigenvalue weighted by molar-refractivity contribution is -0.186. The molecule has 0 heterocycles. The van der Waals surface area contributed by atoms with Crippen molar-refractivity contribution in [2.75, 3.05) is 6.61 Å². The van der Waals surface area contributed by atoms with Crippen LogP contribution >= 0.6 is 0 Å². The van der Waals surface area contributed by atoms with Gasteiger partial charge in [-0.15, -0.1) is 0 Å². The van der Waals surface area contributed by atoms with Gasteiger partial charge in [-0.05, 0) is 51.2 Å². The molecule has 4 aliphatic rings. The van der Waals surface area contributed by atoms with Crippen molar-refractivity contribution >= 4 is 17.7 Å². The molecule has 0 aromatic rings. The summed E-state index contributed by atoms with van der Waals surface area (Å²) in [7, 11) is 0. The molecule has 0 spiro atoms. The molecule has 2 fully saturated rings. The molecule has 2 N–H and O–H groups in total. The number of esters is 2. The van der Waals surface area contributed by atoms with Crippen LogP contribution in [0, 0.1) is 34.5 Å². The van der Waals surface area contributed by atoms with Gasteiger partial charge in [0, 0.05) is 36.5 Å². The van der Waals surface area contributed by atoms with Crippen molar-refractivity contribution in [2.24, 2.45) is 34.5 Å². The Morgan fingerprint density at radius 2 is 1.79 bits per heavy atom. The fourth-order valence-corrected chi connectivity index (χ4v) is 7.22. The molecule has 34 heavy (non-hydrogen) atoms. The minimum absolute atomic E-state index is 0.0268. The smallest absolute Gasteiger partial charge is 0.311 e. The molecule has 188 valence electrons. The molecular weight excluding hydrogens is 436 g/mol.